The van der Waals surface area contributed by atoms with Crippen LogP contribution in [-0.2, 0) is 4.79 Å². The highest BCUT2D eigenvalue weighted by Crippen LogP contribution is 2.40. The van der Waals surface area contributed by atoms with Crippen LogP contribution in [0.25, 0.3) is 0 Å². The van der Waals surface area contributed by atoms with Crippen molar-refractivity contribution in [3.8, 4) is 0 Å². The molecule has 0 radical (unpaired) electrons. The molecule has 4 nitrogen and oxygen atoms in total. The Hall–Kier alpha value is -1.42. The van der Waals surface area contributed by atoms with Gasteiger partial charge in [-0.25, -0.2) is 0 Å². The van der Waals surface area contributed by atoms with Crippen LogP contribution >= 0.6 is 0 Å². The number of carbonyl (C=O) groups excluding carboxylic acids is 1. The summed E-state index contributed by atoms with van der Waals surface area (Å²) in [6.07, 6.45) is 6.41. The van der Waals surface area contributed by atoms with Gasteiger partial charge in [0.1, 0.15) is 0 Å². The molecule has 3 N–H and O–H groups in total. The van der Waals surface area contributed by atoms with Crippen LogP contribution in [0.2, 0.25) is 0 Å². The van der Waals surface area contributed by atoms with E-state index in [1.807, 2.05) is 19.1 Å². The molecule has 1 saturated carbocycles. The van der Waals surface area contributed by atoms with Gasteiger partial charge >= 0.3 is 0 Å². The van der Waals surface area contributed by atoms with Gasteiger partial charge in [0, 0.05) is 18.9 Å². The van der Waals surface area contributed by atoms with E-state index in [9.17, 15) is 4.79 Å². The van der Waals surface area contributed by atoms with Crippen molar-refractivity contribution in [3.63, 3.8) is 0 Å². The molecule has 0 saturated heterocycles. The van der Waals surface area contributed by atoms with Gasteiger partial charge < -0.3 is 11.1 Å². The lowest BCUT2D eigenvalue weighted by Crippen LogP contribution is -2.50. The smallest absolute Gasteiger partial charge is 0.227 e. The van der Waals surface area contributed by atoms with E-state index in [4.69, 9.17) is 5.73 Å². The summed E-state index contributed by atoms with van der Waals surface area (Å²) in [5, 5.41) is 3.04. The molecule has 0 unspecified atom stereocenters. The Balaban J connectivity index is 1.99. The predicted octanol–water partition coefficient (Wildman–Crippen LogP) is 1.39. The number of rotatable bonds is 4. The first-order chi connectivity index (χ1) is 8.18. The number of amides is 1. The quantitative estimate of drug-likeness (QED) is 0.825. The fraction of sp³-hybridized carbons (Fsp3) is 0.538. The summed E-state index contributed by atoms with van der Waals surface area (Å²) in [6.45, 7) is 2.43. The van der Waals surface area contributed by atoms with Crippen molar-refractivity contribution in [1.29, 1.82) is 0 Å². The Bertz CT molecular complexity index is 381. The maximum absolute atomic E-state index is 12.2. The lowest BCUT2D eigenvalue weighted by atomic mass is 9.68. The lowest BCUT2D eigenvalue weighted by molar-refractivity contribution is -0.135. The normalized spacial score (nSPS) is 19.2. The highest BCUT2D eigenvalue weighted by Gasteiger charge is 2.43. The third-order valence-electron chi connectivity index (χ3n) is 3.74. The SMILES string of the molecule is C[C@@H](NC(=O)C1(CN)CCC1)c1ccncc1. The maximum Gasteiger partial charge on any atom is 0.227 e. The van der Waals surface area contributed by atoms with Crippen LogP contribution in [-0.4, -0.2) is 17.4 Å². The van der Waals surface area contributed by atoms with Gasteiger partial charge in [-0.2, -0.15) is 0 Å². The van der Waals surface area contributed by atoms with Gasteiger partial charge in [-0.05, 0) is 37.5 Å². The van der Waals surface area contributed by atoms with Gasteiger partial charge in [-0.15, -0.1) is 0 Å². The molecule has 1 aromatic heterocycles. The number of pyridine rings is 1. The van der Waals surface area contributed by atoms with Gasteiger partial charge in [-0.1, -0.05) is 6.42 Å². The highest BCUT2D eigenvalue weighted by molar-refractivity contribution is 5.84. The molecule has 1 atom stereocenters. The third kappa shape index (κ3) is 2.31. The van der Waals surface area contributed by atoms with Crippen LogP contribution in [0.1, 0.15) is 37.8 Å². The summed E-state index contributed by atoms with van der Waals surface area (Å²) >= 11 is 0. The summed E-state index contributed by atoms with van der Waals surface area (Å²) in [7, 11) is 0. The summed E-state index contributed by atoms with van der Waals surface area (Å²) in [5.41, 5.74) is 6.48. The molecule has 4 heteroatoms. The molecule has 0 aliphatic heterocycles. The minimum Gasteiger partial charge on any atom is -0.349 e. The number of nitrogens with zero attached hydrogens (tertiary/aromatic N) is 1. The van der Waals surface area contributed by atoms with Crippen LogP contribution in [0.4, 0.5) is 0 Å². The van der Waals surface area contributed by atoms with Gasteiger partial charge in [0.2, 0.25) is 5.91 Å². The van der Waals surface area contributed by atoms with Crippen molar-refractivity contribution < 1.29 is 4.79 Å². The van der Waals surface area contributed by atoms with Gasteiger partial charge in [-0.3, -0.25) is 9.78 Å². The molecular weight excluding hydrogens is 214 g/mol. The van der Waals surface area contributed by atoms with Crippen molar-refractivity contribution in [3.05, 3.63) is 30.1 Å². The first-order valence-corrected chi connectivity index (χ1v) is 6.09. The summed E-state index contributed by atoms with van der Waals surface area (Å²) in [5.74, 6) is 0.0931. The second-order valence-electron chi connectivity index (χ2n) is 4.81. The molecule has 92 valence electrons. The average molecular weight is 233 g/mol. The largest absolute Gasteiger partial charge is 0.349 e. The van der Waals surface area contributed by atoms with E-state index in [0.29, 0.717) is 6.54 Å². The minimum atomic E-state index is -0.304. The van der Waals surface area contributed by atoms with E-state index >= 15 is 0 Å². The molecule has 2 rings (SSSR count). The number of hydrogen-bond acceptors (Lipinski definition) is 3. The zero-order chi connectivity index (χ0) is 12.3. The van der Waals surface area contributed by atoms with Gasteiger partial charge in [0.05, 0.1) is 11.5 Å². The summed E-state index contributed by atoms with van der Waals surface area (Å²) in [4.78, 5) is 16.1. The van der Waals surface area contributed by atoms with Crippen molar-refractivity contribution in [2.75, 3.05) is 6.54 Å². The predicted molar refractivity (Wildman–Crippen MR) is 66.1 cm³/mol. The van der Waals surface area contributed by atoms with E-state index in [1.165, 1.54) is 0 Å². The molecule has 17 heavy (non-hydrogen) atoms. The van der Waals surface area contributed by atoms with Gasteiger partial charge in [0.15, 0.2) is 0 Å². The standard InChI is InChI=1S/C13H19N3O/c1-10(11-3-7-15-8-4-11)16-12(17)13(9-14)5-2-6-13/h3-4,7-8,10H,2,5-6,9,14H2,1H3,(H,16,17)/t10-/m1/s1. The fourth-order valence-electron chi connectivity index (χ4n) is 2.21. The fourth-order valence-corrected chi connectivity index (χ4v) is 2.21. The second-order valence-corrected chi connectivity index (χ2v) is 4.81. The molecule has 0 bridgehead atoms. The van der Waals surface area contributed by atoms with Crippen LogP contribution in [0.5, 0.6) is 0 Å². The molecule has 1 aromatic rings. The van der Waals surface area contributed by atoms with E-state index in [0.717, 1.165) is 24.8 Å². The van der Waals surface area contributed by atoms with Crippen molar-refractivity contribution in [2.24, 2.45) is 11.1 Å². The van der Waals surface area contributed by atoms with Crippen LogP contribution in [0.15, 0.2) is 24.5 Å². The lowest BCUT2D eigenvalue weighted by Gasteiger charge is -2.39. The highest BCUT2D eigenvalue weighted by atomic mass is 16.2. The Morgan fingerprint density at radius 1 is 1.53 bits per heavy atom. The Kier molecular flexibility index (Phi) is 3.43. The Morgan fingerprint density at radius 2 is 2.18 bits per heavy atom. The van der Waals surface area contributed by atoms with E-state index in [2.05, 4.69) is 10.3 Å². The van der Waals surface area contributed by atoms with Crippen LogP contribution in [0, 0.1) is 5.41 Å². The number of hydrogen-bond donors (Lipinski definition) is 2. The minimum absolute atomic E-state index is 0.00882. The summed E-state index contributed by atoms with van der Waals surface area (Å²) < 4.78 is 0. The second kappa shape index (κ2) is 4.84. The molecule has 0 spiro atoms. The molecule has 1 amide bonds. The zero-order valence-corrected chi connectivity index (χ0v) is 10.1. The Morgan fingerprint density at radius 3 is 2.65 bits per heavy atom. The van der Waals surface area contributed by atoms with Crippen molar-refractivity contribution >= 4 is 5.91 Å². The average Bonchev–Trinajstić information content (AvgIpc) is 2.29. The molecule has 1 aliphatic carbocycles. The number of aromatic nitrogens is 1. The molecular formula is C13H19N3O. The number of nitrogens with one attached hydrogen (secondary N) is 1. The monoisotopic (exact) mass is 233 g/mol. The van der Waals surface area contributed by atoms with E-state index in [1.54, 1.807) is 12.4 Å². The van der Waals surface area contributed by atoms with Crippen molar-refractivity contribution in [2.45, 2.75) is 32.2 Å². The first kappa shape index (κ1) is 12.0. The Labute approximate surface area is 102 Å². The maximum atomic E-state index is 12.2. The molecule has 0 aromatic carbocycles. The van der Waals surface area contributed by atoms with E-state index < -0.39 is 0 Å². The van der Waals surface area contributed by atoms with E-state index in [-0.39, 0.29) is 17.4 Å². The van der Waals surface area contributed by atoms with Crippen LogP contribution < -0.4 is 11.1 Å². The van der Waals surface area contributed by atoms with Gasteiger partial charge in [0.25, 0.3) is 0 Å². The number of carbonyl (C=O) groups is 1. The first-order valence-electron chi connectivity index (χ1n) is 6.09. The molecule has 1 fully saturated rings. The van der Waals surface area contributed by atoms with Crippen LogP contribution in [0.3, 0.4) is 0 Å². The third-order valence-corrected chi connectivity index (χ3v) is 3.74. The van der Waals surface area contributed by atoms with Crippen molar-refractivity contribution in [1.82, 2.24) is 10.3 Å². The topological polar surface area (TPSA) is 68.0 Å². The number of nitrogens with two attached hydrogens (primary N) is 1. The molecule has 1 aliphatic rings. The zero-order valence-electron chi connectivity index (χ0n) is 10.1. The summed E-state index contributed by atoms with van der Waals surface area (Å²) in [6, 6.07) is 3.84. The molecule has 1 heterocycles.